The molecule has 0 aliphatic carbocycles. The quantitative estimate of drug-likeness (QED) is 0.636. The maximum absolute atomic E-state index is 12.1. The molecule has 0 radical (unpaired) electrons. The van der Waals surface area contributed by atoms with E-state index in [1.165, 1.54) is 0 Å². The van der Waals surface area contributed by atoms with Gasteiger partial charge >= 0.3 is 12.0 Å². The average molecular weight is 300 g/mol. The van der Waals surface area contributed by atoms with Crippen molar-refractivity contribution in [3.8, 4) is 0 Å². The maximum atomic E-state index is 12.1. The Bertz CT molecular complexity index is 349. The largest absolute Gasteiger partial charge is 0.481 e. The van der Waals surface area contributed by atoms with Crippen LogP contribution in [0.1, 0.15) is 46.0 Å². The number of likely N-dealkylation sites (tertiary alicyclic amines) is 1. The fourth-order valence-corrected chi connectivity index (χ4v) is 2.90. The van der Waals surface area contributed by atoms with E-state index < -0.39 is 5.97 Å². The lowest BCUT2D eigenvalue weighted by molar-refractivity contribution is -0.137. The molecule has 0 aromatic heterocycles. The molecule has 122 valence electrons. The van der Waals surface area contributed by atoms with Crippen molar-refractivity contribution in [3.63, 3.8) is 0 Å². The third-order valence-corrected chi connectivity index (χ3v) is 4.50. The number of aliphatic hydroxyl groups excluding tert-OH is 1. The molecule has 0 aromatic carbocycles. The van der Waals surface area contributed by atoms with E-state index in [0.29, 0.717) is 31.3 Å². The fourth-order valence-electron chi connectivity index (χ4n) is 2.90. The van der Waals surface area contributed by atoms with Crippen molar-refractivity contribution < 1.29 is 19.8 Å². The maximum Gasteiger partial charge on any atom is 0.317 e. The lowest BCUT2D eigenvalue weighted by Gasteiger charge is -2.25. The lowest BCUT2D eigenvalue weighted by atomic mass is 9.97. The molecule has 1 fully saturated rings. The molecule has 0 bridgehead atoms. The van der Waals surface area contributed by atoms with Crippen molar-refractivity contribution in [2.45, 2.75) is 52.0 Å². The molecule has 1 saturated heterocycles. The van der Waals surface area contributed by atoms with E-state index in [1.807, 2.05) is 13.8 Å². The minimum absolute atomic E-state index is 0.00475. The first-order valence-electron chi connectivity index (χ1n) is 7.86. The number of aliphatic carboxylic acids is 1. The van der Waals surface area contributed by atoms with Crippen LogP contribution in [-0.4, -0.2) is 52.9 Å². The molecule has 21 heavy (non-hydrogen) atoms. The molecule has 1 aliphatic rings. The van der Waals surface area contributed by atoms with Crippen LogP contribution >= 0.6 is 0 Å². The Hall–Kier alpha value is -1.30. The first kappa shape index (κ1) is 17.8. The summed E-state index contributed by atoms with van der Waals surface area (Å²) in [6.07, 6.45) is 3.48. The number of urea groups is 1. The number of nitrogens with one attached hydrogen (secondary N) is 1. The number of carbonyl (C=O) groups is 2. The molecule has 0 saturated carbocycles. The molecule has 0 spiro atoms. The molecule has 6 nitrogen and oxygen atoms in total. The van der Waals surface area contributed by atoms with Crippen molar-refractivity contribution in [1.29, 1.82) is 0 Å². The molecule has 0 aromatic rings. The summed E-state index contributed by atoms with van der Waals surface area (Å²) in [5, 5.41) is 20.9. The van der Waals surface area contributed by atoms with E-state index in [2.05, 4.69) is 5.32 Å². The second-order valence-electron chi connectivity index (χ2n) is 5.94. The summed E-state index contributed by atoms with van der Waals surface area (Å²) in [6.45, 7) is 5.34. The van der Waals surface area contributed by atoms with Gasteiger partial charge in [0.25, 0.3) is 0 Å². The van der Waals surface area contributed by atoms with Gasteiger partial charge in [-0.3, -0.25) is 4.79 Å². The molecular formula is C15H28N2O4. The molecule has 3 atom stereocenters. The first-order valence-corrected chi connectivity index (χ1v) is 7.86. The normalized spacial score (nSPS) is 23.1. The van der Waals surface area contributed by atoms with E-state index in [-0.39, 0.29) is 25.1 Å². The Balaban J connectivity index is 2.30. The Morgan fingerprint density at radius 1 is 1.38 bits per heavy atom. The highest BCUT2D eigenvalue weighted by atomic mass is 16.4. The van der Waals surface area contributed by atoms with E-state index in [0.717, 1.165) is 19.3 Å². The molecule has 1 aliphatic heterocycles. The van der Waals surface area contributed by atoms with E-state index in [1.54, 1.807) is 4.90 Å². The van der Waals surface area contributed by atoms with Crippen LogP contribution < -0.4 is 5.32 Å². The second-order valence-corrected chi connectivity index (χ2v) is 5.94. The highest BCUT2D eigenvalue weighted by Gasteiger charge is 2.33. The van der Waals surface area contributed by atoms with Crippen LogP contribution in [0.2, 0.25) is 0 Å². The highest BCUT2D eigenvalue weighted by Crippen LogP contribution is 2.23. The summed E-state index contributed by atoms with van der Waals surface area (Å²) >= 11 is 0. The van der Waals surface area contributed by atoms with Crippen molar-refractivity contribution >= 4 is 12.0 Å². The minimum Gasteiger partial charge on any atom is -0.481 e. The summed E-state index contributed by atoms with van der Waals surface area (Å²) in [7, 11) is 0. The zero-order chi connectivity index (χ0) is 15.8. The third kappa shape index (κ3) is 5.53. The number of aliphatic hydroxyl groups is 1. The number of carboxylic acid groups (broad SMARTS) is 1. The molecular weight excluding hydrogens is 272 g/mol. The van der Waals surface area contributed by atoms with Gasteiger partial charge in [-0.15, -0.1) is 0 Å². The monoisotopic (exact) mass is 300 g/mol. The smallest absolute Gasteiger partial charge is 0.317 e. The van der Waals surface area contributed by atoms with E-state index in [4.69, 9.17) is 5.11 Å². The van der Waals surface area contributed by atoms with Crippen LogP contribution in [0.5, 0.6) is 0 Å². The molecule has 1 rings (SSSR count). The average Bonchev–Trinajstić information content (AvgIpc) is 2.83. The predicted octanol–water partition coefficient (Wildman–Crippen LogP) is 1.68. The van der Waals surface area contributed by atoms with Crippen molar-refractivity contribution in [1.82, 2.24) is 10.2 Å². The number of amides is 2. The van der Waals surface area contributed by atoms with Gasteiger partial charge < -0.3 is 20.4 Å². The first-order chi connectivity index (χ1) is 9.99. The van der Waals surface area contributed by atoms with Gasteiger partial charge in [0.15, 0.2) is 0 Å². The molecule has 1 heterocycles. The highest BCUT2D eigenvalue weighted by molar-refractivity contribution is 5.74. The van der Waals surface area contributed by atoms with E-state index in [9.17, 15) is 14.7 Å². The molecule has 3 N–H and O–H groups in total. The summed E-state index contributed by atoms with van der Waals surface area (Å²) in [5.74, 6) is -0.110. The molecule has 6 heteroatoms. The lowest BCUT2D eigenvalue weighted by Crippen LogP contribution is -2.46. The van der Waals surface area contributed by atoms with Gasteiger partial charge in [0.05, 0.1) is 12.6 Å². The zero-order valence-corrected chi connectivity index (χ0v) is 13.0. The van der Waals surface area contributed by atoms with Crippen LogP contribution in [0.25, 0.3) is 0 Å². The fraction of sp³-hybridized carbons (Fsp3) is 0.867. The molecule has 3 unspecified atom stereocenters. The van der Waals surface area contributed by atoms with Crippen LogP contribution in [0, 0.1) is 11.8 Å². The Morgan fingerprint density at radius 2 is 2.10 bits per heavy atom. The number of nitrogens with zero attached hydrogens (tertiary/aromatic N) is 1. The standard InChI is InChI=1S/C15H28N2O4/c1-3-12(4-5-14(19)20)6-8-16-15(21)17-9-7-11(2)13(17)10-18/h11-13,18H,3-10H2,1-2H3,(H,16,21)(H,19,20). The number of hydrogen-bond acceptors (Lipinski definition) is 3. The number of carbonyl (C=O) groups excluding carboxylic acids is 1. The predicted molar refractivity (Wildman–Crippen MR) is 80.0 cm³/mol. The van der Waals surface area contributed by atoms with Crippen molar-refractivity contribution in [2.24, 2.45) is 11.8 Å². The Labute approximate surface area is 126 Å². The Morgan fingerprint density at radius 3 is 2.67 bits per heavy atom. The SMILES string of the molecule is CCC(CCNC(=O)N1CCC(C)C1CO)CCC(=O)O. The molecule has 2 amide bonds. The summed E-state index contributed by atoms with van der Waals surface area (Å²) in [5.41, 5.74) is 0. The van der Waals surface area contributed by atoms with Gasteiger partial charge in [-0.25, -0.2) is 4.79 Å². The number of carboxylic acids is 1. The second kappa shape index (κ2) is 8.87. The minimum atomic E-state index is -0.769. The van der Waals surface area contributed by atoms with Crippen molar-refractivity contribution in [3.05, 3.63) is 0 Å². The third-order valence-electron chi connectivity index (χ3n) is 4.50. The number of rotatable bonds is 8. The van der Waals surface area contributed by atoms with Gasteiger partial charge in [0.2, 0.25) is 0 Å². The Kier molecular flexibility index (Phi) is 7.50. The van der Waals surface area contributed by atoms with Crippen LogP contribution in [0.4, 0.5) is 4.79 Å². The van der Waals surface area contributed by atoms with Crippen LogP contribution in [0.15, 0.2) is 0 Å². The number of hydrogen-bond donors (Lipinski definition) is 3. The topological polar surface area (TPSA) is 89.9 Å². The van der Waals surface area contributed by atoms with Crippen molar-refractivity contribution in [2.75, 3.05) is 19.7 Å². The van der Waals surface area contributed by atoms with Gasteiger partial charge in [-0.05, 0) is 31.1 Å². The van der Waals surface area contributed by atoms with E-state index >= 15 is 0 Å². The van der Waals surface area contributed by atoms with Gasteiger partial charge in [-0.2, -0.15) is 0 Å². The van der Waals surface area contributed by atoms with Gasteiger partial charge in [-0.1, -0.05) is 20.3 Å². The van der Waals surface area contributed by atoms with Crippen LogP contribution in [0.3, 0.4) is 0 Å². The summed E-state index contributed by atoms with van der Waals surface area (Å²) in [4.78, 5) is 24.4. The summed E-state index contributed by atoms with van der Waals surface area (Å²) in [6, 6.07) is -0.203. The zero-order valence-electron chi connectivity index (χ0n) is 13.0. The summed E-state index contributed by atoms with van der Waals surface area (Å²) < 4.78 is 0. The van der Waals surface area contributed by atoms with Crippen LogP contribution in [-0.2, 0) is 4.79 Å². The van der Waals surface area contributed by atoms with Gasteiger partial charge in [0, 0.05) is 19.5 Å². The van der Waals surface area contributed by atoms with Gasteiger partial charge in [0.1, 0.15) is 0 Å².